The average Bonchev–Trinajstić information content (AvgIpc) is 2.88. The fourth-order valence-electron chi connectivity index (χ4n) is 4.81. The molecule has 3 aromatic carbocycles. The van der Waals surface area contributed by atoms with Gasteiger partial charge in [-0.15, -0.1) is 0 Å². The summed E-state index contributed by atoms with van der Waals surface area (Å²) >= 11 is 0. The van der Waals surface area contributed by atoms with E-state index >= 15 is 0 Å². The Morgan fingerprint density at radius 1 is 0.595 bits per heavy atom. The van der Waals surface area contributed by atoms with Gasteiger partial charge >= 0.3 is 0 Å². The summed E-state index contributed by atoms with van der Waals surface area (Å²) in [4.78, 5) is 9.83. The molecular formula is C35H36N2. The van der Waals surface area contributed by atoms with Gasteiger partial charge in [0.25, 0.3) is 0 Å². The van der Waals surface area contributed by atoms with E-state index in [0.29, 0.717) is 0 Å². The number of nitrogens with zero attached hydrogens (tertiary/aromatic N) is 2. The fourth-order valence-corrected chi connectivity index (χ4v) is 4.81. The van der Waals surface area contributed by atoms with Crippen molar-refractivity contribution < 1.29 is 0 Å². The van der Waals surface area contributed by atoms with E-state index in [4.69, 9.17) is 4.98 Å². The number of fused-ring (bicyclic) bond motifs is 1. The van der Waals surface area contributed by atoms with Crippen LogP contribution >= 0.6 is 0 Å². The quantitative estimate of drug-likeness (QED) is 0.254. The van der Waals surface area contributed by atoms with E-state index < -0.39 is 0 Å². The number of aromatic nitrogens is 2. The lowest BCUT2D eigenvalue weighted by molar-refractivity contribution is 0.589. The van der Waals surface area contributed by atoms with Gasteiger partial charge in [0, 0.05) is 22.7 Å². The second kappa shape index (κ2) is 9.59. The lowest BCUT2D eigenvalue weighted by Crippen LogP contribution is -2.12. The van der Waals surface area contributed by atoms with Gasteiger partial charge in [-0.2, -0.15) is 0 Å². The van der Waals surface area contributed by atoms with Gasteiger partial charge in [-0.05, 0) is 75.9 Å². The van der Waals surface area contributed by atoms with Crippen molar-refractivity contribution in [3.8, 4) is 22.5 Å². The van der Waals surface area contributed by atoms with Crippen LogP contribution in [0.3, 0.4) is 0 Å². The van der Waals surface area contributed by atoms with E-state index in [9.17, 15) is 0 Å². The molecule has 0 unspecified atom stereocenters. The molecule has 0 fully saturated rings. The minimum Gasteiger partial charge on any atom is -0.256 e. The van der Waals surface area contributed by atoms with E-state index in [1.54, 1.807) is 0 Å². The summed E-state index contributed by atoms with van der Waals surface area (Å²) in [5.41, 5.74) is 10.7. The Hall–Kier alpha value is -3.78. The van der Waals surface area contributed by atoms with E-state index in [-0.39, 0.29) is 10.8 Å². The Balaban J connectivity index is 1.58. The Morgan fingerprint density at radius 2 is 1.24 bits per heavy atom. The lowest BCUT2D eigenvalue weighted by Gasteiger charge is -2.22. The summed E-state index contributed by atoms with van der Waals surface area (Å²) in [6, 6.07) is 32.7. The Labute approximate surface area is 221 Å². The lowest BCUT2D eigenvalue weighted by atomic mass is 9.83. The normalized spacial score (nSPS) is 12.2. The molecule has 2 heteroatoms. The van der Waals surface area contributed by atoms with Crippen molar-refractivity contribution in [1.82, 2.24) is 9.97 Å². The van der Waals surface area contributed by atoms with Gasteiger partial charge in [-0.25, -0.2) is 4.98 Å². The van der Waals surface area contributed by atoms with Crippen molar-refractivity contribution in [2.24, 2.45) is 0 Å². The standard InChI is InChI=1S/C35H36N2/c1-34(2,3)29-15-8-12-26(22-29)31-16-9-17-32(37-31)28-20-24(21-30(23-28)35(4,5)6)19-27-13-7-11-25-14-10-18-36-33(25)27/h7-18,20-23H,19H2,1-6H3. The number of benzene rings is 3. The van der Waals surface area contributed by atoms with Crippen LogP contribution in [-0.2, 0) is 17.3 Å². The molecule has 0 atom stereocenters. The summed E-state index contributed by atoms with van der Waals surface area (Å²) in [6.45, 7) is 13.6. The summed E-state index contributed by atoms with van der Waals surface area (Å²) in [7, 11) is 0. The fraction of sp³-hybridized carbons (Fsp3) is 0.257. The molecule has 2 heterocycles. The topological polar surface area (TPSA) is 25.8 Å². The Kier molecular flexibility index (Phi) is 6.45. The summed E-state index contributed by atoms with van der Waals surface area (Å²) in [5, 5.41) is 1.18. The number of hydrogen-bond acceptors (Lipinski definition) is 2. The summed E-state index contributed by atoms with van der Waals surface area (Å²) in [6.07, 6.45) is 2.71. The molecule has 0 aliphatic carbocycles. The second-order valence-electron chi connectivity index (χ2n) is 12.1. The van der Waals surface area contributed by atoms with Crippen LogP contribution in [-0.4, -0.2) is 9.97 Å². The molecule has 186 valence electrons. The number of para-hydroxylation sites is 1. The van der Waals surface area contributed by atoms with Gasteiger partial charge in [-0.1, -0.05) is 96.1 Å². The maximum atomic E-state index is 5.15. The summed E-state index contributed by atoms with van der Waals surface area (Å²) < 4.78 is 0. The van der Waals surface area contributed by atoms with Crippen molar-refractivity contribution >= 4 is 10.9 Å². The highest BCUT2D eigenvalue weighted by Crippen LogP contribution is 2.32. The maximum absolute atomic E-state index is 5.15. The van der Waals surface area contributed by atoms with Gasteiger partial charge in [0.2, 0.25) is 0 Å². The first kappa shape index (κ1) is 24.9. The van der Waals surface area contributed by atoms with Crippen LogP contribution < -0.4 is 0 Å². The molecule has 0 bridgehead atoms. The first-order valence-corrected chi connectivity index (χ1v) is 13.1. The van der Waals surface area contributed by atoms with Crippen LogP contribution in [0.25, 0.3) is 33.4 Å². The molecule has 0 saturated heterocycles. The number of hydrogen-bond donors (Lipinski definition) is 0. The van der Waals surface area contributed by atoms with Crippen LogP contribution in [0.1, 0.15) is 63.8 Å². The third-order valence-electron chi connectivity index (χ3n) is 7.04. The second-order valence-corrected chi connectivity index (χ2v) is 12.1. The molecule has 5 rings (SSSR count). The smallest absolute Gasteiger partial charge is 0.0737 e. The van der Waals surface area contributed by atoms with Gasteiger partial charge in [0.1, 0.15) is 0 Å². The third kappa shape index (κ3) is 5.49. The van der Waals surface area contributed by atoms with Crippen LogP contribution in [0.5, 0.6) is 0 Å². The monoisotopic (exact) mass is 484 g/mol. The molecule has 2 nitrogen and oxygen atoms in total. The first-order valence-electron chi connectivity index (χ1n) is 13.1. The predicted molar refractivity (Wildman–Crippen MR) is 157 cm³/mol. The van der Waals surface area contributed by atoms with E-state index in [1.807, 2.05) is 12.3 Å². The first-order chi connectivity index (χ1) is 17.6. The zero-order valence-corrected chi connectivity index (χ0v) is 22.8. The molecule has 5 aromatic rings. The molecule has 0 aliphatic rings. The van der Waals surface area contributed by atoms with Crippen LogP contribution in [0.15, 0.2) is 97.2 Å². The number of rotatable bonds is 4. The maximum Gasteiger partial charge on any atom is 0.0737 e. The van der Waals surface area contributed by atoms with Crippen molar-refractivity contribution in [3.63, 3.8) is 0 Å². The van der Waals surface area contributed by atoms with E-state index in [0.717, 1.165) is 34.5 Å². The van der Waals surface area contributed by atoms with Crippen molar-refractivity contribution in [2.45, 2.75) is 58.8 Å². The van der Waals surface area contributed by atoms with Crippen molar-refractivity contribution in [1.29, 1.82) is 0 Å². The highest BCUT2D eigenvalue weighted by molar-refractivity contribution is 5.82. The number of pyridine rings is 2. The van der Waals surface area contributed by atoms with Gasteiger partial charge in [0.15, 0.2) is 0 Å². The zero-order valence-electron chi connectivity index (χ0n) is 22.8. The van der Waals surface area contributed by atoms with E-state index in [2.05, 4.69) is 131 Å². The SMILES string of the molecule is CC(C)(C)c1cccc(-c2cccc(-c3cc(Cc4cccc5cccnc45)cc(C(C)(C)C)c3)n2)c1. The van der Waals surface area contributed by atoms with Crippen LogP contribution in [0.2, 0.25) is 0 Å². The molecule has 0 N–H and O–H groups in total. The van der Waals surface area contributed by atoms with Gasteiger partial charge < -0.3 is 0 Å². The minimum absolute atomic E-state index is 0.0282. The largest absolute Gasteiger partial charge is 0.256 e. The van der Waals surface area contributed by atoms with Crippen LogP contribution in [0.4, 0.5) is 0 Å². The van der Waals surface area contributed by atoms with Crippen LogP contribution in [0, 0.1) is 0 Å². The molecule has 0 spiro atoms. The highest BCUT2D eigenvalue weighted by Gasteiger charge is 2.18. The zero-order chi connectivity index (χ0) is 26.2. The van der Waals surface area contributed by atoms with Gasteiger partial charge in [-0.3, -0.25) is 4.98 Å². The molecule has 0 amide bonds. The summed E-state index contributed by atoms with van der Waals surface area (Å²) in [5.74, 6) is 0. The van der Waals surface area contributed by atoms with Crippen molar-refractivity contribution in [3.05, 3.63) is 119 Å². The molecule has 37 heavy (non-hydrogen) atoms. The molecule has 0 aliphatic heterocycles. The molecule has 0 radical (unpaired) electrons. The Bertz CT molecular complexity index is 1560. The molecule has 2 aromatic heterocycles. The Morgan fingerprint density at radius 3 is 2.00 bits per heavy atom. The molecular weight excluding hydrogens is 448 g/mol. The third-order valence-corrected chi connectivity index (χ3v) is 7.04. The molecule has 0 saturated carbocycles. The minimum atomic E-state index is 0.0282. The van der Waals surface area contributed by atoms with Crippen molar-refractivity contribution in [2.75, 3.05) is 0 Å². The van der Waals surface area contributed by atoms with E-state index in [1.165, 1.54) is 27.6 Å². The highest BCUT2D eigenvalue weighted by atomic mass is 14.7. The van der Waals surface area contributed by atoms with Gasteiger partial charge in [0.05, 0.1) is 16.9 Å². The predicted octanol–water partition coefficient (Wildman–Crippen LogP) is 9.15. The average molecular weight is 485 g/mol.